The summed E-state index contributed by atoms with van der Waals surface area (Å²) in [5.41, 5.74) is 0. The first-order chi connectivity index (χ1) is 11.5. The standard InChI is InChI=1S/C17H27N3O3S/c1-3-18-17(19-11-14-24(2,21)22)20-12-9-16(10-13-20)23-15-7-5-4-6-8-15/h4-8,16H,3,9-14H2,1-2H3,(H,18,19). The van der Waals surface area contributed by atoms with Gasteiger partial charge in [0.05, 0.1) is 12.3 Å². The summed E-state index contributed by atoms with van der Waals surface area (Å²) in [4.78, 5) is 6.62. The van der Waals surface area contributed by atoms with Crippen LogP contribution in [0.15, 0.2) is 35.3 Å². The molecule has 1 aromatic rings. The van der Waals surface area contributed by atoms with Crippen molar-refractivity contribution in [2.24, 2.45) is 4.99 Å². The number of nitrogens with one attached hydrogen (secondary N) is 1. The van der Waals surface area contributed by atoms with E-state index < -0.39 is 9.84 Å². The van der Waals surface area contributed by atoms with Crippen LogP contribution in [0.25, 0.3) is 0 Å². The average molecular weight is 353 g/mol. The molecule has 0 spiro atoms. The van der Waals surface area contributed by atoms with Crippen molar-refractivity contribution in [3.8, 4) is 5.75 Å². The number of benzene rings is 1. The smallest absolute Gasteiger partial charge is 0.193 e. The molecule has 1 aromatic carbocycles. The second-order valence-electron chi connectivity index (χ2n) is 5.98. The summed E-state index contributed by atoms with van der Waals surface area (Å²) >= 11 is 0. The Morgan fingerprint density at radius 3 is 2.54 bits per heavy atom. The molecule has 0 amide bonds. The van der Waals surface area contributed by atoms with Crippen molar-refractivity contribution >= 4 is 15.8 Å². The molecule has 6 nitrogen and oxygen atoms in total. The van der Waals surface area contributed by atoms with Gasteiger partial charge in [0, 0.05) is 38.7 Å². The molecule has 0 bridgehead atoms. The molecule has 0 radical (unpaired) electrons. The highest BCUT2D eigenvalue weighted by molar-refractivity contribution is 7.90. The van der Waals surface area contributed by atoms with E-state index in [1.165, 1.54) is 6.26 Å². The topological polar surface area (TPSA) is 71.0 Å². The van der Waals surface area contributed by atoms with Crippen molar-refractivity contribution in [2.45, 2.75) is 25.9 Å². The molecule has 1 saturated heterocycles. The minimum Gasteiger partial charge on any atom is -0.490 e. The Balaban J connectivity index is 1.86. The van der Waals surface area contributed by atoms with Crippen molar-refractivity contribution in [3.63, 3.8) is 0 Å². The number of likely N-dealkylation sites (tertiary alicyclic amines) is 1. The Hall–Kier alpha value is -1.76. The van der Waals surface area contributed by atoms with Crippen molar-refractivity contribution in [1.29, 1.82) is 0 Å². The first kappa shape index (κ1) is 18.6. The molecule has 2 rings (SSSR count). The summed E-state index contributed by atoms with van der Waals surface area (Å²) in [6.45, 7) is 4.77. The van der Waals surface area contributed by atoms with Crippen LogP contribution in [0.3, 0.4) is 0 Å². The largest absolute Gasteiger partial charge is 0.490 e. The molecule has 0 unspecified atom stereocenters. The molecule has 1 N–H and O–H groups in total. The number of guanidine groups is 1. The Morgan fingerprint density at radius 2 is 1.96 bits per heavy atom. The van der Waals surface area contributed by atoms with Gasteiger partial charge in [-0.3, -0.25) is 4.99 Å². The fraction of sp³-hybridized carbons (Fsp3) is 0.588. The van der Waals surface area contributed by atoms with Crippen LogP contribution in [-0.2, 0) is 9.84 Å². The number of piperidine rings is 1. The van der Waals surface area contributed by atoms with Crippen molar-refractivity contribution in [3.05, 3.63) is 30.3 Å². The number of aliphatic imine (C=N–C) groups is 1. The molecule has 0 atom stereocenters. The summed E-state index contributed by atoms with van der Waals surface area (Å²) in [6.07, 6.45) is 3.29. The van der Waals surface area contributed by atoms with Crippen LogP contribution in [0, 0.1) is 0 Å². The van der Waals surface area contributed by atoms with E-state index in [1.54, 1.807) is 0 Å². The van der Waals surface area contributed by atoms with E-state index in [4.69, 9.17) is 4.74 Å². The van der Waals surface area contributed by atoms with Crippen LogP contribution in [0.4, 0.5) is 0 Å². The van der Waals surface area contributed by atoms with Gasteiger partial charge in [-0.2, -0.15) is 0 Å². The van der Waals surface area contributed by atoms with Crippen LogP contribution < -0.4 is 10.1 Å². The maximum absolute atomic E-state index is 11.2. The zero-order chi connectivity index (χ0) is 17.4. The Kier molecular flexibility index (Phi) is 6.90. The van der Waals surface area contributed by atoms with Crippen LogP contribution in [0.1, 0.15) is 19.8 Å². The molecular formula is C17H27N3O3S. The number of nitrogens with zero attached hydrogens (tertiary/aromatic N) is 2. The van der Waals surface area contributed by atoms with Gasteiger partial charge in [-0.05, 0) is 19.1 Å². The Morgan fingerprint density at radius 1 is 1.29 bits per heavy atom. The lowest BCUT2D eigenvalue weighted by Crippen LogP contribution is -2.47. The molecule has 0 aliphatic carbocycles. The average Bonchev–Trinajstić information content (AvgIpc) is 2.55. The van der Waals surface area contributed by atoms with Gasteiger partial charge in [-0.1, -0.05) is 18.2 Å². The highest BCUT2D eigenvalue weighted by Gasteiger charge is 2.22. The quantitative estimate of drug-likeness (QED) is 0.620. The van der Waals surface area contributed by atoms with E-state index in [1.807, 2.05) is 37.3 Å². The van der Waals surface area contributed by atoms with Crippen LogP contribution in [-0.4, -0.2) is 63.6 Å². The van der Waals surface area contributed by atoms with E-state index >= 15 is 0 Å². The molecule has 7 heteroatoms. The van der Waals surface area contributed by atoms with E-state index in [-0.39, 0.29) is 11.9 Å². The first-order valence-electron chi connectivity index (χ1n) is 8.40. The SMILES string of the molecule is CCNC(=NCCS(C)(=O)=O)N1CCC(Oc2ccccc2)CC1. The third kappa shape index (κ3) is 6.39. The molecule has 1 aliphatic rings. The molecule has 134 valence electrons. The van der Waals surface area contributed by atoms with Gasteiger partial charge < -0.3 is 15.0 Å². The van der Waals surface area contributed by atoms with Gasteiger partial charge in [-0.15, -0.1) is 0 Å². The molecule has 24 heavy (non-hydrogen) atoms. The van der Waals surface area contributed by atoms with E-state index in [0.717, 1.165) is 44.2 Å². The maximum Gasteiger partial charge on any atom is 0.193 e. The number of rotatable bonds is 6. The summed E-state index contributed by atoms with van der Waals surface area (Å²) in [7, 11) is -2.98. The molecular weight excluding hydrogens is 326 g/mol. The number of ether oxygens (including phenoxy) is 1. The van der Waals surface area contributed by atoms with Crippen molar-refractivity contribution < 1.29 is 13.2 Å². The second kappa shape index (κ2) is 8.92. The predicted octanol–water partition coefficient (Wildman–Crippen LogP) is 1.54. The van der Waals surface area contributed by atoms with Gasteiger partial charge >= 0.3 is 0 Å². The van der Waals surface area contributed by atoms with Crippen LogP contribution >= 0.6 is 0 Å². The molecule has 1 aliphatic heterocycles. The van der Waals surface area contributed by atoms with Gasteiger partial charge in [0.25, 0.3) is 0 Å². The zero-order valence-electron chi connectivity index (χ0n) is 14.4. The number of hydrogen-bond donors (Lipinski definition) is 1. The normalized spacial score (nSPS) is 16.9. The fourth-order valence-electron chi connectivity index (χ4n) is 2.62. The molecule has 0 aromatic heterocycles. The molecule has 1 fully saturated rings. The molecule has 0 saturated carbocycles. The lowest BCUT2D eigenvalue weighted by Gasteiger charge is -2.34. The van der Waals surface area contributed by atoms with E-state index in [0.29, 0.717) is 6.54 Å². The number of para-hydroxylation sites is 1. The Labute approximate surface area is 144 Å². The number of sulfone groups is 1. The summed E-state index contributed by atoms with van der Waals surface area (Å²) < 4.78 is 28.5. The minimum atomic E-state index is -2.98. The predicted molar refractivity (Wildman–Crippen MR) is 97.4 cm³/mol. The zero-order valence-corrected chi connectivity index (χ0v) is 15.3. The van der Waals surface area contributed by atoms with Gasteiger partial charge in [0.1, 0.15) is 21.7 Å². The van der Waals surface area contributed by atoms with Crippen molar-refractivity contribution in [2.75, 3.05) is 38.2 Å². The monoisotopic (exact) mass is 353 g/mol. The maximum atomic E-state index is 11.2. The molecule has 1 heterocycles. The third-order valence-electron chi connectivity index (χ3n) is 3.85. The van der Waals surface area contributed by atoms with Crippen LogP contribution in [0.2, 0.25) is 0 Å². The van der Waals surface area contributed by atoms with Gasteiger partial charge in [0.15, 0.2) is 5.96 Å². The summed E-state index contributed by atoms with van der Waals surface area (Å²) in [6, 6.07) is 9.88. The van der Waals surface area contributed by atoms with Crippen molar-refractivity contribution in [1.82, 2.24) is 10.2 Å². The lowest BCUT2D eigenvalue weighted by molar-refractivity contribution is 0.129. The number of hydrogen-bond acceptors (Lipinski definition) is 4. The lowest BCUT2D eigenvalue weighted by atomic mass is 10.1. The highest BCUT2D eigenvalue weighted by Crippen LogP contribution is 2.18. The third-order valence-corrected chi connectivity index (χ3v) is 4.77. The van der Waals surface area contributed by atoms with E-state index in [9.17, 15) is 8.42 Å². The van der Waals surface area contributed by atoms with Crippen LogP contribution in [0.5, 0.6) is 5.75 Å². The van der Waals surface area contributed by atoms with Gasteiger partial charge in [-0.25, -0.2) is 8.42 Å². The Bertz CT molecular complexity index is 624. The fourth-order valence-corrected chi connectivity index (χ4v) is 3.04. The summed E-state index contributed by atoms with van der Waals surface area (Å²) in [5.74, 6) is 1.78. The van der Waals surface area contributed by atoms with E-state index in [2.05, 4.69) is 15.2 Å². The van der Waals surface area contributed by atoms with Gasteiger partial charge in [0.2, 0.25) is 0 Å². The minimum absolute atomic E-state index is 0.0788. The first-order valence-corrected chi connectivity index (χ1v) is 10.5. The highest BCUT2D eigenvalue weighted by atomic mass is 32.2. The second-order valence-corrected chi connectivity index (χ2v) is 8.24. The summed E-state index contributed by atoms with van der Waals surface area (Å²) in [5, 5.41) is 3.24.